The fraction of sp³-hybridized carbons (Fsp3) is 0.143. The number of hydrogen-bond donors (Lipinski definition) is 0. The lowest BCUT2D eigenvalue weighted by Gasteiger charge is -1.95. The third kappa shape index (κ3) is 3.39. The number of halogens is 1. The first-order valence-corrected chi connectivity index (χ1v) is 5.00. The maximum Gasteiger partial charge on any atom is 0.191 e. The van der Waals surface area contributed by atoms with E-state index in [1.165, 1.54) is 18.2 Å². The molecule has 0 saturated carbocycles. The highest BCUT2D eigenvalue weighted by Gasteiger charge is 2.09. The highest BCUT2D eigenvalue weighted by Crippen LogP contribution is 2.07. The number of allylic oxidation sites excluding steroid dienone is 3. The first-order chi connectivity index (χ1) is 5.04. The standard InChI is InChI=1S/C7H9ClO2S/c1-3-4-5-7(2)11(9,10)6-8/h3-5H,1-2,6H2/b5-4-. The monoisotopic (exact) mass is 192 g/mol. The summed E-state index contributed by atoms with van der Waals surface area (Å²) in [5.41, 5.74) is 0. The molecule has 0 fully saturated rings. The van der Waals surface area contributed by atoms with Crippen molar-refractivity contribution in [1.82, 2.24) is 0 Å². The molecule has 0 spiro atoms. The van der Waals surface area contributed by atoms with Gasteiger partial charge in [0.05, 0.1) is 4.91 Å². The molecule has 4 heteroatoms. The molecule has 62 valence electrons. The minimum atomic E-state index is -3.33. The molecule has 0 aromatic heterocycles. The lowest BCUT2D eigenvalue weighted by molar-refractivity contribution is 0.607. The average Bonchev–Trinajstić information content (AvgIpc) is 2.00. The van der Waals surface area contributed by atoms with Crippen molar-refractivity contribution in [1.29, 1.82) is 0 Å². The second kappa shape index (κ2) is 4.36. The van der Waals surface area contributed by atoms with Crippen LogP contribution in [0.2, 0.25) is 0 Å². The largest absolute Gasteiger partial charge is 0.222 e. The molecule has 0 aromatic carbocycles. The van der Waals surface area contributed by atoms with Gasteiger partial charge in [0.1, 0.15) is 5.21 Å². The van der Waals surface area contributed by atoms with Crippen LogP contribution in [0.1, 0.15) is 0 Å². The Hall–Kier alpha value is -0.540. The van der Waals surface area contributed by atoms with Crippen LogP contribution in [0.3, 0.4) is 0 Å². The Morgan fingerprint density at radius 3 is 2.45 bits per heavy atom. The van der Waals surface area contributed by atoms with Crippen molar-refractivity contribution in [2.24, 2.45) is 0 Å². The van der Waals surface area contributed by atoms with Crippen molar-refractivity contribution in [2.75, 3.05) is 5.21 Å². The molecule has 0 aromatic rings. The van der Waals surface area contributed by atoms with Crippen molar-refractivity contribution in [3.63, 3.8) is 0 Å². The van der Waals surface area contributed by atoms with Crippen molar-refractivity contribution >= 4 is 21.4 Å². The molecule has 0 saturated heterocycles. The van der Waals surface area contributed by atoms with Crippen LogP contribution in [-0.4, -0.2) is 13.6 Å². The Bertz CT molecular complexity index is 275. The lowest BCUT2D eigenvalue weighted by Crippen LogP contribution is -2.01. The van der Waals surface area contributed by atoms with Gasteiger partial charge in [-0.3, -0.25) is 0 Å². The summed E-state index contributed by atoms with van der Waals surface area (Å²) < 4.78 is 21.8. The Morgan fingerprint density at radius 2 is 2.09 bits per heavy atom. The van der Waals surface area contributed by atoms with Crippen molar-refractivity contribution in [3.8, 4) is 0 Å². The molecular weight excluding hydrogens is 184 g/mol. The maximum atomic E-state index is 10.9. The molecular formula is C7H9ClO2S. The fourth-order valence-electron chi connectivity index (χ4n) is 0.349. The van der Waals surface area contributed by atoms with Gasteiger partial charge in [0, 0.05) is 0 Å². The molecule has 0 unspecified atom stereocenters. The highest BCUT2D eigenvalue weighted by atomic mass is 35.5. The zero-order valence-electron chi connectivity index (χ0n) is 5.96. The van der Waals surface area contributed by atoms with Crippen molar-refractivity contribution < 1.29 is 8.42 Å². The number of rotatable bonds is 4. The minimum absolute atomic E-state index is 0.00685. The van der Waals surface area contributed by atoms with Crippen molar-refractivity contribution in [2.45, 2.75) is 0 Å². The molecule has 0 aliphatic rings. The summed E-state index contributed by atoms with van der Waals surface area (Å²) >= 11 is 5.16. The number of hydrogen-bond acceptors (Lipinski definition) is 2. The molecule has 0 aliphatic carbocycles. The van der Waals surface area contributed by atoms with E-state index in [4.69, 9.17) is 11.6 Å². The minimum Gasteiger partial charge on any atom is -0.222 e. The Kier molecular flexibility index (Phi) is 4.15. The molecule has 0 bridgehead atoms. The summed E-state index contributed by atoms with van der Waals surface area (Å²) in [6.07, 6.45) is 4.31. The molecule has 2 nitrogen and oxygen atoms in total. The van der Waals surface area contributed by atoms with E-state index < -0.39 is 15.0 Å². The summed E-state index contributed by atoms with van der Waals surface area (Å²) in [6, 6.07) is 0. The van der Waals surface area contributed by atoms with Gasteiger partial charge >= 0.3 is 0 Å². The van der Waals surface area contributed by atoms with Crippen LogP contribution < -0.4 is 0 Å². The predicted molar refractivity (Wildman–Crippen MR) is 48.1 cm³/mol. The van der Waals surface area contributed by atoms with Gasteiger partial charge < -0.3 is 0 Å². The van der Waals surface area contributed by atoms with E-state index in [-0.39, 0.29) is 4.91 Å². The van der Waals surface area contributed by atoms with Crippen LogP contribution in [0.25, 0.3) is 0 Å². The van der Waals surface area contributed by atoms with Crippen molar-refractivity contribution in [3.05, 3.63) is 36.3 Å². The fourth-order valence-corrected chi connectivity index (χ4v) is 1.20. The summed E-state index contributed by atoms with van der Waals surface area (Å²) in [6.45, 7) is 6.71. The van der Waals surface area contributed by atoms with Gasteiger partial charge in [-0.1, -0.05) is 25.3 Å². The summed E-state index contributed by atoms with van der Waals surface area (Å²) in [4.78, 5) is 0.00685. The van der Waals surface area contributed by atoms with Crippen LogP contribution in [0.4, 0.5) is 0 Å². The number of sulfone groups is 1. The van der Waals surface area contributed by atoms with E-state index in [2.05, 4.69) is 13.2 Å². The second-order valence-corrected chi connectivity index (χ2v) is 4.41. The van der Waals surface area contributed by atoms with Crippen LogP contribution in [0.5, 0.6) is 0 Å². The molecule has 0 heterocycles. The van der Waals surface area contributed by atoms with Gasteiger partial charge in [-0.2, -0.15) is 0 Å². The highest BCUT2D eigenvalue weighted by molar-refractivity contribution is 7.96. The molecule has 11 heavy (non-hydrogen) atoms. The van der Waals surface area contributed by atoms with Gasteiger partial charge in [0.2, 0.25) is 0 Å². The van der Waals surface area contributed by atoms with Gasteiger partial charge in [0.15, 0.2) is 9.84 Å². The third-order valence-electron chi connectivity index (χ3n) is 0.961. The molecule has 0 amide bonds. The van der Waals surface area contributed by atoms with Crippen LogP contribution in [0.15, 0.2) is 36.3 Å². The molecule has 0 radical (unpaired) electrons. The quantitative estimate of drug-likeness (QED) is 0.503. The summed E-state index contributed by atoms with van der Waals surface area (Å²) in [7, 11) is -3.33. The van der Waals surface area contributed by atoms with Gasteiger partial charge in [-0.25, -0.2) is 8.42 Å². The van der Waals surface area contributed by atoms with E-state index >= 15 is 0 Å². The Labute approximate surface area is 71.8 Å². The molecule has 0 N–H and O–H groups in total. The third-order valence-corrected chi connectivity index (χ3v) is 3.05. The average molecular weight is 193 g/mol. The molecule has 0 atom stereocenters. The van der Waals surface area contributed by atoms with Crippen LogP contribution in [-0.2, 0) is 9.84 Å². The van der Waals surface area contributed by atoms with Gasteiger partial charge in [-0.15, -0.1) is 11.6 Å². The Balaban J connectivity index is 4.51. The molecule has 0 rings (SSSR count). The molecule has 0 aliphatic heterocycles. The van der Waals surface area contributed by atoms with Crippen LogP contribution >= 0.6 is 11.6 Å². The zero-order valence-corrected chi connectivity index (χ0v) is 7.53. The van der Waals surface area contributed by atoms with E-state index in [9.17, 15) is 8.42 Å². The first-order valence-electron chi connectivity index (χ1n) is 2.81. The van der Waals surface area contributed by atoms with E-state index in [0.717, 1.165) is 0 Å². The summed E-state index contributed by atoms with van der Waals surface area (Å²) in [5.74, 6) is 0. The second-order valence-electron chi connectivity index (χ2n) is 1.78. The number of alkyl halides is 1. The smallest absolute Gasteiger partial charge is 0.191 e. The maximum absolute atomic E-state index is 10.9. The first kappa shape index (κ1) is 10.5. The normalized spacial score (nSPS) is 11.7. The lowest BCUT2D eigenvalue weighted by atomic mass is 10.5. The van der Waals surface area contributed by atoms with Gasteiger partial charge in [0.25, 0.3) is 0 Å². The van der Waals surface area contributed by atoms with Crippen LogP contribution in [0, 0.1) is 0 Å². The topological polar surface area (TPSA) is 34.1 Å². The van der Waals surface area contributed by atoms with E-state index in [1.54, 1.807) is 0 Å². The Morgan fingerprint density at radius 1 is 1.55 bits per heavy atom. The SMILES string of the molecule is C=C/C=C\C(=C)S(=O)(=O)CCl. The van der Waals surface area contributed by atoms with E-state index in [1.807, 2.05) is 0 Å². The van der Waals surface area contributed by atoms with E-state index in [0.29, 0.717) is 0 Å². The van der Waals surface area contributed by atoms with Gasteiger partial charge in [-0.05, 0) is 6.08 Å². The zero-order chi connectivity index (χ0) is 8.91. The summed E-state index contributed by atoms with van der Waals surface area (Å²) in [5, 5.41) is -0.437. The predicted octanol–water partition coefficient (Wildman–Crippen LogP) is 1.85.